The van der Waals surface area contributed by atoms with Crippen LogP contribution in [0.1, 0.15) is 27.7 Å². The second kappa shape index (κ2) is 9.17. The molecule has 1 amide bonds. The van der Waals surface area contributed by atoms with Gasteiger partial charge in [0.25, 0.3) is 0 Å². The van der Waals surface area contributed by atoms with Crippen LogP contribution in [0.15, 0.2) is 53.9 Å². The molecule has 0 atom stereocenters. The summed E-state index contributed by atoms with van der Waals surface area (Å²) in [5.74, 6) is 0.279. The number of amides is 1. The predicted octanol–water partition coefficient (Wildman–Crippen LogP) is 4.21. The van der Waals surface area contributed by atoms with Crippen molar-refractivity contribution in [2.75, 3.05) is 5.75 Å². The summed E-state index contributed by atoms with van der Waals surface area (Å²) in [5.41, 5.74) is 1.04. The van der Waals surface area contributed by atoms with Crippen LogP contribution in [0, 0.1) is 5.82 Å². The van der Waals surface area contributed by atoms with Crippen LogP contribution in [0.25, 0.3) is 17.1 Å². The molecule has 0 N–H and O–H groups in total. The van der Waals surface area contributed by atoms with Crippen LogP contribution in [0.3, 0.4) is 0 Å². The molecule has 6 nitrogen and oxygen atoms in total. The van der Waals surface area contributed by atoms with E-state index in [2.05, 4.69) is 15.2 Å². The Hall–Kier alpha value is -2.74. The highest BCUT2D eigenvalue weighted by Gasteiger charge is 2.23. The number of hydrogen-bond acceptors (Lipinski definition) is 5. The van der Waals surface area contributed by atoms with Crippen LogP contribution in [0.4, 0.5) is 4.39 Å². The van der Waals surface area contributed by atoms with Crippen LogP contribution in [0.2, 0.25) is 0 Å². The Balaban J connectivity index is 1.97. The van der Waals surface area contributed by atoms with E-state index >= 15 is 0 Å². The zero-order valence-electron chi connectivity index (χ0n) is 16.9. The van der Waals surface area contributed by atoms with E-state index in [0.717, 1.165) is 0 Å². The molecule has 152 valence electrons. The number of para-hydroxylation sites is 1. The molecular formula is C21H24FN5OS. The van der Waals surface area contributed by atoms with Gasteiger partial charge in [0.2, 0.25) is 5.91 Å². The van der Waals surface area contributed by atoms with Crippen LogP contribution < -0.4 is 0 Å². The summed E-state index contributed by atoms with van der Waals surface area (Å²) < 4.78 is 16.2. The first-order valence-corrected chi connectivity index (χ1v) is 10.4. The van der Waals surface area contributed by atoms with E-state index in [1.165, 1.54) is 17.8 Å². The highest BCUT2D eigenvalue weighted by molar-refractivity contribution is 7.99. The molecule has 0 saturated carbocycles. The molecule has 2 aromatic heterocycles. The van der Waals surface area contributed by atoms with Crippen molar-refractivity contribution >= 4 is 17.7 Å². The minimum absolute atomic E-state index is 0.00557. The molecule has 0 aliphatic carbocycles. The summed E-state index contributed by atoms with van der Waals surface area (Å²) in [6, 6.07) is 10.3. The lowest BCUT2D eigenvalue weighted by Gasteiger charge is -2.30. The smallest absolute Gasteiger partial charge is 0.233 e. The van der Waals surface area contributed by atoms with E-state index in [9.17, 15) is 9.18 Å². The molecule has 1 aromatic carbocycles. The molecule has 2 heterocycles. The number of hydrogen-bond donors (Lipinski definition) is 0. The van der Waals surface area contributed by atoms with Crippen molar-refractivity contribution in [2.45, 2.75) is 44.9 Å². The first kappa shape index (κ1) is 21.0. The third-order valence-corrected chi connectivity index (χ3v) is 5.29. The van der Waals surface area contributed by atoms with Crippen molar-refractivity contribution < 1.29 is 9.18 Å². The second-order valence-electron chi connectivity index (χ2n) is 7.11. The van der Waals surface area contributed by atoms with Crippen LogP contribution >= 0.6 is 11.8 Å². The Morgan fingerprint density at radius 2 is 1.83 bits per heavy atom. The molecule has 0 spiro atoms. The van der Waals surface area contributed by atoms with Crippen molar-refractivity contribution in [3.05, 3.63) is 54.6 Å². The number of halogens is 1. The number of carbonyl (C=O) groups is 1. The van der Waals surface area contributed by atoms with Gasteiger partial charge in [-0.05, 0) is 52.0 Å². The minimum atomic E-state index is -0.392. The molecule has 3 aromatic rings. The molecule has 0 unspecified atom stereocenters. The fourth-order valence-electron chi connectivity index (χ4n) is 3.27. The summed E-state index contributed by atoms with van der Waals surface area (Å²) in [4.78, 5) is 18.7. The molecule has 0 saturated heterocycles. The van der Waals surface area contributed by atoms with E-state index in [1.807, 2.05) is 38.7 Å². The largest absolute Gasteiger partial charge is 0.337 e. The van der Waals surface area contributed by atoms with Crippen LogP contribution in [-0.4, -0.2) is 48.4 Å². The Labute approximate surface area is 174 Å². The number of benzene rings is 1. The Kier molecular flexibility index (Phi) is 6.64. The maximum absolute atomic E-state index is 14.6. The van der Waals surface area contributed by atoms with Gasteiger partial charge in [-0.2, -0.15) is 0 Å². The zero-order chi connectivity index (χ0) is 21.0. The predicted molar refractivity (Wildman–Crippen MR) is 112 cm³/mol. The van der Waals surface area contributed by atoms with Gasteiger partial charge < -0.3 is 4.90 Å². The van der Waals surface area contributed by atoms with E-state index in [1.54, 1.807) is 41.2 Å². The molecular weight excluding hydrogens is 389 g/mol. The summed E-state index contributed by atoms with van der Waals surface area (Å²) >= 11 is 1.25. The van der Waals surface area contributed by atoms with E-state index in [-0.39, 0.29) is 23.7 Å². The number of nitrogens with zero attached hydrogens (tertiary/aromatic N) is 5. The lowest BCUT2D eigenvalue weighted by molar-refractivity contribution is -0.131. The standard InChI is InChI=1S/C21H24FN5OS/c1-14(2)26(15(3)4)19(28)13-29-21-25-24-20(16-8-7-11-23-12-16)27(21)18-10-6-5-9-17(18)22/h5-12,14-15H,13H2,1-4H3. The highest BCUT2D eigenvalue weighted by atomic mass is 32.2. The van der Waals surface area contributed by atoms with Crippen molar-refractivity contribution in [3.8, 4) is 17.1 Å². The van der Waals surface area contributed by atoms with Crippen molar-refractivity contribution in [1.29, 1.82) is 0 Å². The third kappa shape index (κ3) is 4.64. The van der Waals surface area contributed by atoms with Gasteiger partial charge in [-0.1, -0.05) is 23.9 Å². The van der Waals surface area contributed by atoms with Crippen LogP contribution in [0.5, 0.6) is 0 Å². The summed E-state index contributed by atoms with van der Waals surface area (Å²) in [6.45, 7) is 7.96. The van der Waals surface area contributed by atoms with Gasteiger partial charge in [-0.3, -0.25) is 14.3 Å². The fraction of sp³-hybridized carbons (Fsp3) is 0.333. The van der Waals surface area contributed by atoms with Gasteiger partial charge in [0.15, 0.2) is 11.0 Å². The van der Waals surface area contributed by atoms with E-state index in [4.69, 9.17) is 0 Å². The molecule has 0 fully saturated rings. The van der Waals surface area contributed by atoms with Crippen LogP contribution in [-0.2, 0) is 4.79 Å². The molecule has 0 bridgehead atoms. The normalized spacial score (nSPS) is 11.3. The number of pyridine rings is 1. The van der Waals surface area contributed by atoms with Gasteiger partial charge in [-0.25, -0.2) is 4.39 Å². The monoisotopic (exact) mass is 413 g/mol. The molecule has 29 heavy (non-hydrogen) atoms. The van der Waals surface area contributed by atoms with Crippen molar-refractivity contribution in [3.63, 3.8) is 0 Å². The van der Waals surface area contributed by atoms with Gasteiger partial charge in [0.05, 0.1) is 11.4 Å². The second-order valence-corrected chi connectivity index (χ2v) is 8.05. The third-order valence-electron chi connectivity index (χ3n) is 4.37. The Bertz CT molecular complexity index is 966. The van der Waals surface area contributed by atoms with Gasteiger partial charge in [0.1, 0.15) is 5.82 Å². The maximum atomic E-state index is 14.6. The number of rotatable bonds is 7. The van der Waals surface area contributed by atoms with Gasteiger partial charge in [-0.15, -0.1) is 10.2 Å². The highest BCUT2D eigenvalue weighted by Crippen LogP contribution is 2.29. The van der Waals surface area contributed by atoms with E-state index in [0.29, 0.717) is 22.2 Å². The lowest BCUT2D eigenvalue weighted by atomic mass is 10.2. The maximum Gasteiger partial charge on any atom is 0.233 e. The SMILES string of the molecule is CC(C)N(C(=O)CSc1nnc(-c2cccnc2)n1-c1ccccc1F)C(C)C. The first-order chi connectivity index (χ1) is 13.9. The minimum Gasteiger partial charge on any atom is -0.337 e. The van der Waals surface area contributed by atoms with Crippen molar-refractivity contribution in [2.24, 2.45) is 0 Å². The summed E-state index contributed by atoms with van der Waals surface area (Å²) in [6.07, 6.45) is 3.31. The van der Waals surface area contributed by atoms with Gasteiger partial charge >= 0.3 is 0 Å². The fourth-order valence-corrected chi connectivity index (χ4v) is 4.08. The Morgan fingerprint density at radius 3 is 2.45 bits per heavy atom. The number of thioether (sulfide) groups is 1. The molecule has 0 aliphatic rings. The summed E-state index contributed by atoms with van der Waals surface area (Å²) in [7, 11) is 0. The average Bonchev–Trinajstić information content (AvgIpc) is 3.10. The lowest BCUT2D eigenvalue weighted by Crippen LogP contribution is -2.43. The Morgan fingerprint density at radius 1 is 1.10 bits per heavy atom. The first-order valence-electron chi connectivity index (χ1n) is 9.44. The summed E-state index contributed by atoms with van der Waals surface area (Å²) in [5, 5.41) is 8.95. The van der Waals surface area contributed by atoms with Gasteiger partial charge in [0, 0.05) is 30.0 Å². The van der Waals surface area contributed by atoms with E-state index < -0.39 is 5.82 Å². The number of aromatic nitrogens is 4. The molecule has 3 rings (SSSR count). The average molecular weight is 414 g/mol. The topological polar surface area (TPSA) is 63.9 Å². The zero-order valence-corrected chi connectivity index (χ0v) is 17.7. The number of carbonyl (C=O) groups excluding carboxylic acids is 1. The molecule has 0 aliphatic heterocycles. The van der Waals surface area contributed by atoms with Crippen molar-refractivity contribution in [1.82, 2.24) is 24.6 Å². The molecule has 8 heteroatoms. The molecule has 0 radical (unpaired) electrons. The quantitative estimate of drug-likeness (QED) is 0.543.